The van der Waals surface area contributed by atoms with Crippen molar-refractivity contribution in [3.05, 3.63) is 36.0 Å². The molecule has 0 spiro atoms. The van der Waals surface area contributed by atoms with Crippen molar-refractivity contribution >= 4 is 22.7 Å². The summed E-state index contributed by atoms with van der Waals surface area (Å²) in [6, 6.07) is 8.76. The van der Waals surface area contributed by atoms with E-state index in [0.717, 1.165) is 32.4 Å². The molecule has 8 nitrogen and oxygen atoms in total. The smallest absolute Gasteiger partial charge is 0.234 e. The van der Waals surface area contributed by atoms with E-state index < -0.39 is 0 Å². The van der Waals surface area contributed by atoms with E-state index >= 15 is 0 Å². The molecule has 2 unspecified atom stereocenters. The van der Waals surface area contributed by atoms with Crippen LogP contribution in [0.4, 0.5) is 0 Å². The fourth-order valence-corrected chi connectivity index (χ4v) is 5.00. The SMILES string of the molecule is COCCCn1cc(CN(C(=O)C2CNCC(NC(=O)CN(C)C)C2)C2CC2)c2ccccc21. The molecule has 0 radical (unpaired) electrons. The molecule has 0 bridgehead atoms. The van der Waals surface area contributed by atoms with Crippen LogP contribution < -0.4 is 10.6 Å². The third-order valence-electron chi connectivity index (χ3n) is 6.75. The first kappa shape index (κ1) is 24.7. The van der Waals surface area contributed by atoms with Crippen molar-refractivity contribution < 1.29 is 14.3 Å². The second-order valence-corrected chi connectivity index (χ2v) is 10.0. The van der Waals surface area contributed by atoms with Gasteiger partial charge in [-0.2, -0.15) is 0 Å². The molecule has 1 aliphatic carbocycles. The van der Waals surface area contributed by atoms with Crippen LogP contribution in [0.1, 0.15) is 31.2 Å². The van der Waals surface area contributed by atoms with Gasteiger partial charge in [0.1, 0.15) is 0 Å². The molecule has 1 aromatic heterocycles. The van der Waals surface area contributed by atoms with E-state index in [1.807, 2.05) is 19.0 Å². The summed E-state index contributed by atoms with van der Waals surface area (Å²) >= 11 is 0. The number of fused-ring (bicyclic) bond motifs is 1. The first-order chi connectivity index (χ1) is 16.5. The molecule has 2 atom stereocenters. The number of benzene rings is 1. The quantitative estimate of drug-likeness (QED) is 0.491. The van der Waals surface area contributed by atoms with E-state index in [1.165, 1.54) is 16.5 Å². The molecule has 2 aliphatic rings. The fraction of sp³-hybridized carbons (Fsp3) is 0.615. The Morgan fingerprint density at radius 2 is 2.00 bits per heavy atom. The first-order valence-electron chi connectivity index (χ1n) is 12.5. The van der Waals surface area contributed by atoms with Gasteiger partial charge in [-0.15, -0.1) is 0 Å². The van der Waals surface area contributed by atoms with E-state index in [9.17, 15) is 9.59 Å². The van der Waals surface area contributed by atoms with Crippen LogP contribution in [0.15, 0.2) is 30.5 Å². The number of piperidine rings is 1. The summed E-state index contributed by atoms with van der Waals surface area (Å²) in [5, 5.41) is 7.68. The molecular formula is C26H39N5O3. The maximum absolute atomic E-state index is 13.7. The Hall–Kier alpha value is -2.42. The van der Waals surface area contributed by atoms with Gasteiger partial charge in [-0.1, -0.05) is 18.2 Å². The van der Waals surface area contributed by atoms with E-state index in [4.69, 9.17) is 4.74 Å². The van der Waals surface area contributed by atoms with Crippen LogP contribution in [0.25, 0.3) is 10.9 Å². The zero-order valence-corrected chi connectivity index (χ0v) is 20.8. The summed E-state index contributed by atoms with van der Waals surface area (Å²) in [5.74, 6) is 0.0945. The molecule has 1 aliphatic heterocycles. The summed E-state index contributed by atoms with van der Waals surface area (Å²) in [4.78, 5) is 29.9. The second-order valence-electron chi connectivity index (χ2n) is 10.0. The number of aryl methyl sites for hydroxylation is 1. The molecule has 34 heavy (non-hydrogen) atoms. The van der Waals surface area contributed by atoms with Crippen LogP contribution in [0, 0.1) is 5.92 Å². The van der Waals surface area contributed by atoms with Crippen molar-refractivity contribution in [2.45, 2.75) is 50.9 Å². The average molecular weight is 470 g/mol. The third kappa shape index (κ3) is 6.17. The Morgan fingerprint density at radius 3 is 2.74 bits per heavy atom. The van der Waals surface area contributed by atoms with Crippen molar-refractivity contribution in [1.29, 1.82) is 0 Å². The highest BCUT2D eigenvalue weighted by atomic mass is 16.5. The van der Waals surface area contributed by atoms with Crippen LogP contribution in [0.5, 0.6) is 0 Å². The molecular weight excluding hydrogens is 430 g/mol. The monoisotopic (exact) mass is 469 g/mol. The minimum Gasteiger partial charge on any atom is -0.385 e. The zero-order chi connectivity index (χ0) is 24.1. The number of nitrogens with zero attached hydrogens (tertiary/aromatic N) is 3. The van der Waals surface area contributed by atoms with Crippen molar-refractivity contribution in [3.63, 3.8) is 0 Å². The van der Waals surface area contributed by atoms with Gasteiger partial charge in [0.2, 0.25) is 11.8 Å². The summed E-state index contributed by atoms with van der Waals surface area (Å²) < 4.78 is 7.53. The molecule has 186 valence electrons. The average Bonchev–Trinajstić information content (AvgIpc) is 3.60. The summed E-state index contributed by atoms with van der Waals surface area (Å²) in [5.41, 5.74) is 2.41. The van der Waals surface area contributed by atoms with Gasteiger partial charge < -0.3 is 29.7 Å². The largest absolute Gasteiger partial charge is 0.385 e. The molecule has 2 N–H and O–H groups in total. The number of rotatable bonds is 11. The van der Waals surface area contributed by atoms with Gasteiger partial charge >= 0.3 is 0 Å². The highest BCUT2D eigenvalue weighted by Gasteiger charge is 2.38. The third-order valence-corrected chi connectivity index (χ3v) is 6.75. The first-order valence-corrected chi connectivity index (χ1v) is 12.5. The topological polar surface area (TPSA) is 78.8 Å². The van der Waals surface area contributed by atoms with Gasteiger partial charge in [0.25, 0.3) is 0 Å². The second kappa shape index (κ2) is 11.3. The summed E-state index contributed by atoms with van der Waals surface area (Å²) in [6.07, 6.45) is 6.00. The van der Waals surface area contributed by atoms with Crippen LogP contribution in [0.3, 0.4) is 0 Å². The van der Waals surface area contributed by atoms with E-state index in [-0.39, 0.29) is 23.8 Å². The molecule has 2 aromatic rings. The molecule has 8 heteroatoms. The summed E-state index contributed by atoms with van der Waals surface area (Å²) in [7, 11) is 5.50. The number of nitrogens with one attached hydrogen (secondary N) is 2. The normalized spacial score (nSPS) is 20.6. The van der Waals surface area contributed by atoms with Crippen molar-refractivity contribution in [2.75, 3.05) is 47.4 Å². The van der Waals surface area contributed by atoms with Crippen molar-refractivity contribution in [2.24, 2.45) is 5.92 Å². The number of aromatic nitrogens is 1. The lowest BCUT2D eigenvalue weighted by Crippen LogP contribution is -2.54. The molecule has 2 amide bonds. The Bertz CT molecular complexity index is 984. The van der Waals surface area contributed by atoms with Crippen LogP contribution >= 0.6 is 0 Å². The van der Waals surface area contributed by atoms with Gasteiger partial charge in [-0.25, -0.2) is 0 Å². The van der Waals surface area contributed by atoms with Gasteiger partial charge in [0, 0.05) is 69.1 Å². The minimum atomic E-state index is -0.117. The molecule has 2 fully saturated rings. The lowest BCUT2D eigenvalue weighted by atomic mass is 9.94. The van der Waals surface area contributed by atoms with E-state index in [2.05, 4.69) is 50.6 Å². The predicted molar refractivity (Wildman–Crippen MR) is 133 cm³/mol. The lowest BCUT2D eigenvalue weighted by molar-refractivity contribution is -0.138. The maximum Gasteiger partial charge on any atom is 0.234 e. The number of methoxy groups -OCH3 is 1. The Balaban J connectivity index is 1.46. The Labute approximate surface area is 202 Å². The number of ether oxygens (including phenoxy) is 1. The Kier molecular flexibility index (Phi) is 8.24. The molecule has 1 saturated carbocycles. The zero-order valence-electron chi connectivity index (χ0n) is 20.8. The summed E-state index contributed by atoms with van der Waals surface area (Å²) in [6.45, 7) is 4.00. The van der Waals surface area contributed by atoms with Gasteiger partial charge in [0.15, 0.2) is 0 Å². The molecule has 4 rings (SSSR count). The van der Waals surface area contributed by atoms with E-state index in [1.54, 1.807) is 7.11 Å². The van der Waals surface area contributed by atoms with Crippen LogP contribution in [0.2, 0.25) is 0 Å². The molecule has 1 saturated heterocycles. The van der Waals surface area contributed by atoms with Crippen LogP contribution in [-0.4, -0.2) is 85.7 Å². The molecule has 2 heterocycles. The van der Waals surface area contributed by atoms with Crippen molar-refractivity contribution in [1.82, 2.24) is 25.0 Å². The number of carbonyl (C=O) groups excluding carboxylic acids is 2. The molecule has 1 aromatic carbocycles. The van der Waals surface area contributed by atoms with Crippen LogP contribution in [-0.2, 0) is 27.4 Å². The maximum atomic E-state index is 13.7. The Morgan fingerprint density at radius 1 is 1.21 bits per heavy atom. The number of carbonyl (C=O) groups is 2. The van der Waals surface area contributed by atoms with Gasteiger partial charge in [-0.05, 0) is 51.4 Å². The number of hydrogen-bond donors (Lipinski definition) is 2. The van der Waals surface area contributed by atoms with E-state index in [0.29, 0.717) is 38.6 Å². The number of para-hydroxylation sites is 1. The minimum absolute atomic E-state index is 0.00484. The standard InChI is InChI=1S/C26H39N5O3/c1-29(2)18-25(32)28-21-13-19(14-27-15-21)26(33)31(22-9-10-22)17-20-16-30(11-6-12-34-3)24-8-5-4-7-23(20)24/h4-5,7-8,16,19,21-22,27H,6,9-15,17-18H2,1-3H3,(H,28,32). The number of likely N-dealkylation sites (N-methyl/N-ethyl adjacent to an activating group) is 1. The predicted octanol–water partition coefficient (Wildman–Crippen LogP) is 1.82. The number of amides is 2. The lowest BCUT2D eigenvalue weighted by Gasteiger charge is -2.34. The fourth-order valence-electron chi connectivity index (χ4n) is 5.00. The van der Waals surface area contributed by atoms with Gasteiger partial charge in [0.05, 0.1) is 12.5 Å². The number of hydrogen-bond acceptors (Lipinski definition) is 5. The van der Waals surface area contributed by atoms with Gasteiger partial charge in [-0.3, -0.25) is 9.59 Å². The van der Waals surface area contributed by atoms with Crippen molar-refractivity contribution in [3.8, 4) is 0 Å². The highest BCUT2D eigenvalue weighted by molar-refractivity contribution is 5.85. The highest BCUT2D eigenvalue weighted by Crippen LogP contribution is 2.33.